The molecule has 4 rings (SSSR count). The van der Waals surface area contributed by atoms with Crippen molar-refractivity contribution < 1.29 is 18.7 Å². The molecule has 9 nitrogen and oxygen atoms in total. The Morgan fingerprint density at radius 3 is 2.78 bits per heavy atom. The van der Waals surface area contributed by atoms with Crippen molar-refractivity contribution in [3.05, 3.63) is 54.0 Å². The molecule has 1 aliphatic rings. The molecule has 3 aromatic heterocycles. The Kier molecular flexibility index (Phi) is 6.48. The number of hydrogen-bond acceptors (Lipinski definition) is 9. The molecular formula is C22H23FN6O3. The smallest absolute Gasteiger partial charge is 0.305 e. The number of rotatable bonds is 7. The number of carbonyl (C=O) groups is 1. The molecule has 0 saturated heterocycles. The zero-order valence-electron chi connectivity index (χ0n) is 17.9. The van der Waals surface area contributed by atoms with Crippen LogP contribution >= 0.6 is 0 Å². The zero-order chi connectivity index (χ0) is 22.5. The average molecular weight is 438 g/mol. The van der Waals surface area contributed by atoms with Crippen LogP contribution in [0, 0.1) is 5.95 Å². The molecular weight excluding hydrogens is 415 g/mol. The molecule has 0 N–H and O–H groups in total. The van der Waals surface area contributed by atoms with Crippen LogP contribution in [-0.2, 0) is 16.0 Å². The highest BCUT2D eigenvalue weighted by Gasteiger charge is 2.27. The van der Waals surface area contributed by atoms with Crippen molar-refractivity contribution in [2.24, 2.45) is 0 Å². The molecule has 1 unspecified atom stereocenters. The number of ether oxygens (including phenoxy) is 2. The number of aromatic nitrogens is 5. The first-order valence-electron chi connectivity index (χ1n) is 10.3. The van der Waals surface area contributed by atoms with Gasteiger partial charge in [-0.25, -0.2) is 24.9 Å². The van der Waals surface area contributed by atoms with E-state index < -0.39 is 5.95 Å². The minimum absolute atomic E-state index is 0.106. The van der Waals surface area contributed by atoms with E-state index in [2.05, 4.69) is 29.7 Å². The van der Waals surface area contributed by atoms with Crippen LogP contribution in [0.1, 0.15) is 37.1 Å². The molecule has 0 fully saturated rings. The standard InChI is InChI=1S/C22H23FN6O3/c1-14-16-13-26-22(21-24-7-4-8-25-21)27-17(16)6-9-29(14)19-12-15(11-18(23)28-19)32-10-3-5-20(30)31-2/h4,7-8,11-14H,3,5-6,9-10H2,1-2H3. The number of fused-ring (bicyclic) bond motifs is 1. The lowest BCUT2D eigenvalue weighted by atomic mass is 9.99. The molecule has 0 bridgehead atoms. The van der Waals surface area contributed by atoms with Gasteiger partial charge in [-0.2, -0.15) is 4.39 Å². The Balaban J connectivity index is 1.49. The summed E-state index contributed by atoms with van der Waals surface area (Å²) >= 11 is 0. The molecule has 10 heteroatoms. The van der Waals surface area contributed by atoms with Gasteiger partial charge in [0.25, 0.3) is 0 Å². The Hall–Kier alpha value is -3.69. The number of hydrogen-bond donors (Lipinski definition) is 0. The van der Waals surface area contributed by atoms with Crippen molar-refractivity contribution >= 4 is 11.8 Å². The molecule has 0 spiro atoms. The maximum absolute atomic E-state index is 14.2. The van der Waals surface area contributed by atoms with Gasteiger partial charge in [-0.1, -0.05) is 0 Å². The van der Waals surface area contributed by atoms with Gasteiger partial charge in [0.15, 0.2) is 11.6 Å². The van der Waals surface area contributed by atoms with Gasteiger partial charge in [0, 0.05) is 55.7 Å². The van der Waals surface area contributed by atoms with Crippen LogP contribution in [0.15, 0.2) is 36.8 Å². The number of nitrogens with zero attached hydrogens (tertiary/aromatic N) is 6. The Labute approximate surface area is 184 Å². The first-order chi connectivity index (χ1) is 15.5. The lowest BCUT2D eigenvalue weighted by Crippen LogP contribution is -2.35. The third-order valence-corrected chi connectivity index (χ3v) is 5.24. The molecule has 0 radical (unpaired) electrons. The second-order valence-corrected chi connectivity index (χ2v) is 7.30. The summed E-state index contributed by atoms with van der Waals surface area (Å²) in [6, 6.07) is 4.58. The summed E-state index contributed by atoms with van der Waals surface area (Å²) in [7, 11) is 1.34. The number of carbonyl (C=O) groups excluding carboxylic acids is 1. The highest BCUT2D eigenvalue weighted by molar-refractivity contribution is 5.69. The van der Waals surface area contributed by atoms with E-state index in [1.807, 2.05) is 11.8 Å². The van der Waals surface area contributed by atoms with Gasteiger partial charge in [0.05, 0.1) is 25.5 Å². The normalized spacial score (nSPS) is 15.2. The number of halogens is 1. The fourth-order valence-electron chi connectivity index (χ4n) is 3.60. The quantitative estimate of drug-likeness (QED) is 0.313. The minimum atomic E-state index is -0.628. The first kappa shape index (κ1) is 21.5. The van der Waals surface area contributed by atoms with Gasteiger partial charge in [-0.3, -0.25) is 4.79 Å². The molecule has 0 saturated carbocycles. The summed E-state index contributed by atoms with van der Waals surface area (Å²) in [5.74, 6) is 0.865. The fraction of sp³-hybridized carbons (Fsp3) is 0.364. The molecule has 3 aromatic rings. The highest BCUT2D eigenvalue weighted by atomic mass is 19.1. The van der Waals surface area contributed by atoms with Crippen LogP contribution in [0.4, 0.5) is 10.2 Å². The van der Waals surface area contributed by atoms with Crippen LogP contribution in [-0.4, -0.2) is 51.2 Å². The SMILES string of the molecule is COC(=O)CCCOc1cc(F)nc(N2CCc3nc(-c4ncccn4)ncc3C2C)c1. The van der Waals surface area contributed by atoms with Crippen LogP contribution in [0.3, 0.4) is 0 Å². The van der Waals surface area contributed by atoms with E-state index in [0.29, 0.717) is 42.6 Å². The summed E-state index contributed by atoms with van der Waals surface area (Å²) in [6.45, 7) is 2.89. The minimum Gasteiger partial charge on any atom is -0.493 e. The van der Waals surface area contributed by atoms with Crippen LogP contribution < -0.4 is 9.64 Å². The van der Waals surface area contributed by atoms with E-state index in [9.17, 15) is 9.18 Å². The number of methoxy groups -OCH3 is 1. The number of pyridine rings is 1. The summed E-state index contributed by atoms with van der Waals surface area (Å²) in [5.41, 5.74) is 1.87. The van der Waals surface area contributed by atoms with Crippen molar-refractivity contribution in [1.82, 2.24) is 24.9 Å². The van der Waals surface area contributed by atoms with Gasteiger partial charge in [0.1, 0.15) is 11.6 Å². The summed E-state index contributed by atoms with van der Waals surface area (Å²) in [6.07, 6.45) is 6.45. The average Bonchev–Trinajstić information content (AvgIpc) is 2.82. The second-order valence-electron chi connectivity index (χ2n) is 7.30. The van der Waals surface area contributed by atoms with Gasteiger partial charge in [0.2, 0.25) is 5.95 Å². The maximum Gasteiger partial charge on any atom is 0.305 e. The molecule has 0 amide bonds. The monoisotopic (exact) mass is 438 g/mol. The van der Waals surface area contributed by atoms with Crippen LogP contribution in [0.2, 0.25) is 0 Å². The highest BCUT2D eigenvalue weighted by Crippen LogP contribution is 2.33. The lowest BCUT2D eigenvalue weighted by molar-refractivity contribution is -0.140. The predicted molar refractivity (Wildman–Crippen MR) is 113 cm³/mol. The largest absolute Gasteiger partial charge is 0.493 e. The van der Waals surface area contributed by atoms with E-state index in [1.54, 1.807) is 30.7 Å². The van der Waals surface area contributed by atoms with Crippen LogP contribution in [0.25, 0.3) is 11.6 Å². The van der Waals surface area contributed by atoms with E-state index in [0.717, 1.165) is 11.3 Å². The van der Waals surface area contributed by atoms with Crippen molar-refractivity contribution in [2.75, 3.05) is 25.2 Å². The predicted octanol–water partition coefficient (Wildman–Crippen LogP) is 2.92. The van der Waals surface area contributed by atoms with Gasteiger partial charge in [-0.05, 0) is 19.4 Å². The third kappa shape index (κ3) is 4.79. The fourth-order valence-corrected chi connectivity index (χ4v) is 3.60. The molecule has 0 aromatic carbocycles. The number of esters is 1. The van der Waals surface area contributed by atoms with E-state index in [4.69, 9.17) is 4.74 Å². The van der Waals surface area contributed by atoms with Gasteiger partial charge in [-0.15, -0.1) is 0 Å². The summed E-state index contributed by atoms with van der Waals surface area (Å²) < 4.78 is 24.4. The maximum atomic E-state index is 14.2. The Bertz CT molecular complexity index is 1100. The summed E-state index contributed by atoms with van der Waals surface area (Å²) in [4.78, 5) is 34.7. The van der Waals surface area contributed by atoms with E-state index >= 15 is 0 Å². The van der Waals surface area contributed by atoms with Crippen molar-refractivity contribution in [3.63, 3.8) is 0 Å². The topological polar surface area (TPSA) is 103 Å². The van der Waals surface area contributed by atoms with Gasteiger partial charge < -0.3 is 14.4 Å². The van der Waals surface area contributed by atoms with Crippen molar-refractivity contribution in [1.29, 1.82) is 0 Å². The van der Waals surface area contributed by atoms with Crippen molar-refractivity contribution in [3.8, 4) is 17.4 Å². The number of anilines is 1. The Morgan fingerprint density at radius 1 is 1.19 bits per heavy atom. The molecule has 0 aliphatic carbocycles. The first-order valence-corrected chi connectivity index (χ1v) is 10.3. The molecule has 4 heterocycles. The third-order valence-electron chi connectivity index (χ3n) is 5.24. The molecule has 1 atom stereocenters. The van der Waals surface area contributed by atoms with E-state index in [1.165, 1.54) is 13.2 Å². The zero-order valence-corrected chi connectivity index (χ0v) is 17.9. The second kappa shape index (κ2) is 9.63. The molecule has 1 aliphatic heterocycles. The van der Waals surface area contributed by atoms with Crippen LogP contribution in [0.5, 0.6) is 5.75 Å². The Morgan fingerprint density at radius 2 is 2.00 bits per heavy atom. The van der Waals surface area contributed by atoms with Crippen molar-refractivity contribution in [2.45, 2.75) is 32.2 Å². The molecule has 166 valence electrons. The summed E-state index contributed by atoms with van der Waals surface area (Å²) in [5, 5.41) is 0. The van der Waals surface area contributed by atoms with E-state index in [-0.39, 0.29) is 25.0 Å². The van der Waals surface area contributed by atoms with Gasteiger partial charge >= 0.3 is 5.97 Å². The molecule has 32 heavy (non-hydrogen) atoms. The lowest BCUT2D eigenvalue weighted by Gasteiger charge is -2.35.